The molecule has 0 saturated heterocycles. The SMILES string of the molecule is OCCC(F)(F)C(F)(F)C(F)(F)C(F)(F)C(F)(F)C(F)(F)C(F)(F)I. The molecule has 0 aliphatic rings. The largest absolute Gasteiger partial charge is 0.396 e. The lowest BCUT2D eigenvalue weighted by molar-refractivity contribution is -0.434. The van der Waals surface area contributed by atoms with E-state index in [2.05, 4.69) is 0 Å². The fraction of sp³-hybridized carbons (Fsp3) is 1.00. The van der Waals surface area contributed by atoms with E-state index in [1.54, 1.807) is 0 Å². The van der Waals surface area contributed by atoms with Crippen LogP contribution in [0.2, 0.25) is 0 Å². The Morgan fingerprint density at radius 1 is 0.520 bits per heavy atom. The van der Waals surface area contributed by atoms with Gasteiger partial charge in [-0.1, -0.05) is 0 Å². The molecule has 0 heterocycles. The van der Waals surface area contributed by atoms with Gasteiger partial charge in [-0.25, -0.2) is 0 Å². The van der Waals surface area contributed by atoms with Gasteiger partial charge in [0.05, 0.1) is 0 Å². The van der Waals surface area contributed by atoms with E-state index in [9.17, 15) is 61.5 Å². The summed E-state index contributed by atoms with van der Waals surface area (Å²) in [6, 6.07) is 0. The molecule has 0 unspecified atom stereocenters. The minimum absolute atomic E-state index is 0.847. The summed E-state index contributed by atoms with van der Waals surface area (Å²) in [6.45, 7) is -2.01. The van der Waals surface area contributed by atoms with Crippen molar-refractivity contribution >= 4 is 22.6 Å². The van der Waals surface area contributed by atoms with Crippen molar-refractivity contribution < 1.29 is 66.6 Å². The van der Waals surface area contributed by atoms with Gasteiger partial charge in [0, 0.05) is 35.6 Å². The molecule has 0 aliphatic heterocycles. The summed E-state index contributed by atoms with van der Waals surface area (Å²) >= 11 is -0.847. The van der Waals surface area contributed by atoms with Crippen molar-refractivity contribution in [2.45, 2.75) is 45.9 Å². The predicted molar refractivity (Wildman–Crippen MR) is 60.4 cm³/mol. The van der Waals surface area contributed by atoms with Crippen molar-refractivity contribution in [3.63, 3.8) is 0 Å². The summed E-state index contributed by atoms with van der Waals surface area (Å²) in [4.78, 5) is 0. The van der Waals surface area contributed by atoms with E-state index in [0.29, 0.717) is 0 Å². The number of rotatable bonds is 8. The van der Waals surface area contributed by atoms with Gasteiger partial charge in [-0.05, 0) is 0 Å². The predicted octanol–water partition coefficient (Wildman–Crippen LogP) is 5.21. The van der Waals surface area contributed by atoms with E-state index in [1.165, 1.54) is 0 Å². The number of aliphatic hydroxyl groups is 1. The monoisotopic (exact) mass is 522 g/mol. The zero-order valence-electron chi connectivity index (χ0n) is 11.0. The van der Waals surface area contributed by atoms with E-state index >= 15 is 0 Å². The van der Waals surface area contributed by atoms with Crippen LogP contribution in [0.5, 0.6) is 0 Å². The quantitative estimate of drug-likeness (QED) is 0.264. The molecule has 16 heteroatoms. The van der Waals surface area contributed by atoms with Gasteiger partial charge in [-0.15, -0.1) is 0 Å². The van der Waals surface area contributed by atoms with E-state index in [0.717, 1.165) is 0 Å². The van der Waals surface area contributed by atoms with Crippen LogP contribution in [0.4, 0.5) is 61.5 Å². The van der Waals surface area contributed by atoms with Crippen molar-refractivity contribution in [3.8, 4) is 0 Å². The molecule has 0 aliphatic carbocycles. The van der Waals surface area contributed by atoms with Gasteiger partial charge < -0.3 is 5.11 Å². The number of alkyl halides is 15. The fourth-order valence-electron chi connectivity index (χ4n) is 1.30. The average Bonchev–Trinajstić information content (AvgIpc) is 2.35. The van der Waals surface area contributed by atoms with Crippen LogP contribution < -0.4 is 0 Å². The first kappa shape index (κ1) is 24.7. The molecule has 0 spiro atoms. The Labute approximate surface area is 142 Å². The second-order valence-electron chi connectivity index (χ2n) is 4.55. The lowest BCUT2D eigenvalue weighted by atomic mass is 9.90. The van der Waals surface area contributed by atoms with E-state index in [4.69, 9.17) is 5.11 Å². The summed E-state index contributed by atoms with van der Waals surface area (Å²) in [5.74, 6) is -44.8. The maximum Gasteiger partial charge on any atom is 0.387 e. The third kappa shape index (κ3) is 3.36. The van der Waals surface area contributed by atoms with Crippen LogP contribution in [0.25, 0.3) is 0 Å². The molecule has 0 aromatic heterocycles. The molecule has 1 N–H and O–H groups in total. The molecule has 0 radical (unpaired) electrons. The summed E-state index contributed by atoms with van der Waals surface area (Å²) < 4.78 is 174. The van der Waals surface area contributed by atoms with Crippen LogP contribution in [0, 0.1) is 0 Å². The Hall–Kier alpha value is -0.290. The topological polar surface area (TPSA) is 20.2 Å². The second kappa shape index (κ2) is 6.40. The first-order valence-electron chi connectivity index (χ1n) is 5.50. The summed E-state index contributed by atoms with van der Waals surface area (Å²) in [5, 5.41) is 8.02. The highest BCUT2D eigenvalue weighted by Gasteiger charge is 2.92. The van der Waals surface area contributed by atoms with Crippen LogP contribution in [-0.4, -0.2) is 51.2 Å². The molecule has 0 saturated carbocycles. The molecule has 152 valence electrons. The Morgan fingerprint density at radius 3 is 1.08 bits per heavy atom. The van der Waals surface area contributed by atoms with Crippen molar-refractivity contribution in [2.24, 2.45) is 0 Å². The van der Waals surface area contributed by atoms with Gasteiger partial charge in [0.25, 0.3) is 0 Å². The van der Waals surface area contributed by atoms with Crippen molar-refractivity contribution in [3.05, 3.63) is 0 Å². The highest BCUT2D eigenvalue weighted by molar-refractivity contribution is 14.1. The van der Waals surface area contributed by atoms with Crippen LogP contribution in [-0.2, 0) is 0 Å². The molecule has 0 aromatic rings. The first-order chi connectivity index (χ1) is 10.6. The van der Waals surface area contributed by atoms with Crippen LogP contribution in [0.1, 0.15) is 6.42 Å². The standard InChI is InChI=1S/C9H5F14IO/c10-3(11,1-2-25)4(12,13)5(14,15)6(16,17)7(18,19)8(20,21)9(22,23)24/h25H,1-2H2. The van der Waals surface area contributed by atoms with E-state index in [1.807, 2.05) is 0 Å². The molecule has 0 bridgehead atoms. The van der Waals surface area contributed by atoms with E-state index < -0.39 is 75.1 Å². The Bertz CT molecular complexity index is 481. The molecule has 0 amide bonds. The molecule has 1 nitrogen and oxygen atoms in total. The number of halogens is 15. The zero-order chi connectivity index (χ0) is 20.9. The maximum atomic E-state index is 13.1. The third-order valence-electron chi connectivity index (χ3n) is 2.82. The van der Waals surface area contributed by atoms with Crippen molar-refractivity contribution in [1.29, 1.82) is 0 Å². The lowest BCUT2D eigenvalue weighted by Gasteiger charge is -2.41. The molecule has 25 heavy (non-hydrogen) atoms. The molecule has 0 rings (SSSR count). The van der Waals surface area contributed by atoms with Crippen molar-refractivity contribution in [1.82, 2.24) is 0 Å². The molecular formula is C9H5F14IO. The summed E-state index contributed by atoms with van der Waals surface area (Å²) in [5.41, 5.74) is 0. The average molecular weight is 522 g/mol. The van der Waals surface area contributed by atoms with Crippen LogP contribution in [0.15, 0.2) is 0 Å². The Kier molecular flexibility index (Phi) is 6.33. The van der Waals surface area contributed by atoms with Crippen LogP contribution in [0.3, 0.4) is 0 Å². The maximum absolute atomic E-state index is 13.1. The molecular weight excluding hydrogens is 517 g/mol. The summed E-state index contributed by atoms with van der Waals surface area (Å²) in [6.07, 6.45) is -2.64. The Morgan fingerprint density at radius 2 is 0.800 bits per heavy atom. The summed E-state index contributed by atoms with van der Waals surface area (Å²) in [7, 11) is 0. The van der Waals surface area contributed by atoms with Crippen molar-refractivity contribution in [2.75, 3.05) is 6.61 Å². The lowest BCUT2D eigenvalue weighted by Crippen LogP contribution is -2.72. The van der Waals surface area contributed by atoms with Gasteiger partial charge in [0.1, 0.15) is 0 Å². The van der Waals surface area contributed by atoms with E-state index in [-0.39, 0.29) is 0 Å². The normalized spacial score (nSPS) is 16.3. The Balaban J connectivity index is 6.40. The highest BCUT2D eigenvalue weighted by atomic mass is 127. The second-order valence-corrected chi connectivity index (χ2v) is 5.90. The van der Waals surface area contributed by atoms with Gasteiger partial charge in [0.15, 0.2) is 0 Å². The first-order valence-corrected chi connectivity index (χ1v) is 6.58. The molecule has 0 atom stereocenters. The fourth-order valence-corrected chi connectivity index (χ4v) is 1.64. The van der Waals surface area contributed by atoms with Gasteiger partial charge >= 0.3 is 39.5 Å². The highest BCUT2D eigenvalue weighted by Crippen LogP contribution is 2.63. The van der Waals surface area contributed by atoms with Gasteiger partial charge in [-0.3, -0.25) is 0 Å². The zero-order valence-corrected chi connectivity index (χ0v) is 13.2. The third-order valence-corrected chi connectivity index (χ3v) is 3.50. The van der Waals surface area contributed by atoms with Gasteiger partial charge in [0.2, 0.25) is 0 Å². The smallest absolute Gasteiger partial charge is 0.387 e. The number of aliphatic hydroxyl groups excluding tert-OH is 1. The number of hydrogen-bond donors (Lipinski definition) is 1. The molecule has 0 aromatic carbocycles. The minimum atomic E-state index is -8.04. The minimum Gasteiger partial charge on any atom is -0.396 e. The molecule has 0 fully saturated rings. The number of hydrogen-bond acceptors (Lipinski definition) is 1. The van der Waals surface area contributed by atoms with Crippen LogP contribution >= 0.6 is 22.6 Å². The van der Waals surface area contributed by atoms with Gasteiger partial charge in [-0.2, -0.15) is 61.5 Å².